The Hall–Kier alpha value is -3.36. The highest BCUT2D eigenvalue weighted by Gasteiger charge is 2.27. The molecule has 2 N–H and O–H groups in total. The summed E-state index contributed by atoms with van der Waals surface area (Å²) in [5.41, 5.74) is 6.89. The maximum atomic E-state index is 13.2. The molecule has 7 nitrogen and oxygen atoms in total. The first-order chi connectivity index (χ1) is 14.9. The van der Waals surface area contributed by atoms with Gasteiger partial charge in [0.25, 0.3) is 11.8 Å². The molecule has 0 saturated carbocycles. The molecule has 0 spiro atoms. The topological polar surface area (TPSA) is 87.7 Å². The van der Waals surface area contributed by atoms with E-state index in [-0.39, 0.29) is 5.91 Å². The Morgan fingerprint density at radius 1 is 1.19 bits per heavy atom. The van der Waals surface area contributed by atoms with Gasteiger partial charge in [-0.15, -0.1) is 11.3 Å². The number of carbonyl (C=O) groups is 2. The number of aryl methyl sites for hydroxylation is 2. The van der Waals surface area contributed by atoms with E-state index in [4.69, 9.17) is 9.62 Å². The van der Waals surface area contributed by atoms with Gasteiger partial charge in [-0.1, -0.05) is 23.8 Å². The second kappa shape index (κ2) is 7.40. The lowest BCUT2D eigenvalue weighted by Gasteiger charge is -2.27. The molecule has 4 heterocycles. The zero-order valence-corrected chi connectivity index (χ0v) is 18.0. The molecular weight excluding hydrogens is 414 g/mol. The molecule has 0 radical (unpaired) electrons. The first kappa shape index (κ1) is 19.6. The quantitative estimate of drug-likeness (QED) is 0.374. The summed E-state index contributed by atoms with van der Waals surface area (Å²) in [6, 6.07) is 13.6. The van der Waals surface area contributed by atoms with Crippen LogP contribution in [0, 0.1) is 6.92 Å². The molecule has 3 aromatic heterocycles. The number of nitrogens with zero attached hydrogens (tertiary/aromatic N) is 2. The minimum Gasteiger partial charge on any atom is -0.454 e. The summed E-state index contributed by atoms with van der Waals surface area (Å²) in [5, 5.41) is 8.85. The smallest absolute Gasteiger partial charge is 0.284 e. The third kappa shape index (κ3) is 3.34. The number of fused-ring (bicyclic) bond motifs is 2. The molecule has 0 fully saturated rings. The first-order valence-electron chi connectivity index (χ1n) is 9.96. The van der Waals surface area contributed by atoms with E-state index in [1.165, 1.54) is 11.3 Å². The number of amides is 2. The highest BCUT2D eigenvalue weighted by Crippen LogP contribution is 2.32. The molecule has 0 saturated heterocycles. The molecule has 2 amide bonds. The molecule has 0 unspecified atom stereocenters. The van der Waals surface area contributed by atoms with E-state index >= 15 is 0 Å². The fourth-order valence-corrected chi connectivity index (χ4v) is 5.15. The van der Waals surface area contributed by atoms with Crippen LogP contribution in [-0.4, -0.2) is 33.0 Å². The van der Waals surface area contributed by atoms with Gasteiger partial charge < -0.3 is 13.9 Å². The second-order valence-corrected chi connectivity index (χ2v) is 8.93. The van der Waals surface area contributed by atoms with Crippen molar-refractivity contribution < 1.29 is 19.2 Å². The van der Waals surface area contributed by atoms with Gasteiger partial charge in [-0.3, -0.25) is 14.8 Å². The number of aromatic nitrogens is 1. The zero-order chi connectivity index (χ0) is 21.7. The van der Waals surface area contributed by atoms with Crippen LogP contribution in [0.3, 0.4) is 0 Å². The van der Waals surface area contributed by atoms with Crippen LogP contribution in [0.1, 0.15) is 36.2 Å². The van der Waals surface area contributed by atoms with Crippen molar-refractivity contribution in [2.45, 2.75) is 19.9 Å². The van der Waals surface area contributed by atoms with E-state index in [1.807, 2.05) is 42.8 Å². The van der Waals surface area contributed by atoms with Crippen molar-refractivity contribution in [2.24, 2.45) is 7.05 Å². The van der Waals surface area contributed by atoms with Gasteiger partial charge in [-0.2, -0.15) is 0 Å². The van der Waals surface area contributed by atoms with E-state index < -0.39 is 5.91 Å². The Kier molecular flexibility index (Phi) is 4.68. The number of furan rings is 1. The number of benzene rings is 1. The number of carbonyl (C=O) groups excluding carboxylic acids is 2. The van der Waals surface area contributed by atoms with Gasteiger partial charge in [-0.25, -0.2) is 5.48 Å². The summed E-state index contributed by atoms with van der Waals surface area (Å²) in [6.45, 7) is 3.05. The standard InChI is InChI=1S/C23H21N3O4S/c1-13-4-3-5-14(8-13)18-10-16-19(30-18)11-17(25(16)2)23(28)26-7-6-20-15(12-26)9-21(31-20)22(27)24-29/h3-5,8-11,29H,6-7,12H2,1-2H3,(H,24,27). The van der Waals surface area contributed by atoms with Crippen molar-refractivity contribution in [3.05, 3.63) is 69.0 Å². The molecule has 0 bridgehead atoms. The Morgan fingerprint density at radius 3 is 2.77 bits per heavy atom. The van der Waals surface area contributed by atoms with Gasteiger partial charge >= 0.3 is 0 Å². The fourth-order valence-electron chi connectivity index (χ4n) is 4.09. The molecule has 1 aliphatic heterocycles. The maximum Gasteiger partial charge on any atom is 0.284 e. The van der Waals surface area contributed by atoms with Crippen LogP contribution < -0.4 is 5.48 Å². The lowest BCUT2D eigenvalue weighted by Crippen LogP contribution is -2.36. The van der Waals surface area contributed by atoms with Crippen LogP contribution >= 0.6 is 11.3 Å². The van der Waals surface area contributed by atoms with Gasteiger partial charge in [0.1, 0.15) is 11.5 Å². The summed E-state index contributed by atoms with van der Waals surface area (Å²) in [4.78, 5) is 28.2. The Balaban J connectivity index is 1.41. The van der Waals surface area contributed by atoms with E-state index in [0.717, 1.165) is 32.8 Å². The normalized spacial score (nSPS) is 13.5. The van der Waals surface area contributed by atoms with Gasteiger partial charge in [0.2, 0.25) is 0 Å². The third-order valence-electron chi connectivity index (χ3n) is 5.73. The average molecular weight is 436 g/mol. The van der Waals surface area contributed by atoms with Crippen LogP contribution in [0.5, 0.6) is 0 Å². The second-order valence-electron chi connectivity index (χ2n) is 7.79. The number of thiophene rings is 1. The Morgan fingerprint density at radius 2 is 2.03 bits per heavy atom. The summed E-state index contributed by atoms with van der Waals surface area (Å²) < 4.78 is 7.92. The van der Waals surface area contributed by atoms with Gasteiger partial charge in [0.05, 0.1) is 10.4 Å². The molecule has 8 heteroatoms. The molecule has 5 rings (SSSR count). The highest BCUT2D eigenvalue weighted by molar-refractivity contribution is 7.14. The monoisotopic (exact) mass is 435 g/mol. The van der Waals surface area contributed by atoms with Crippen molar-refractivity contribution in [2.75, 3.05) is 6.54 Å². The summed E-state index contributed by atoms with van der Waals surface area (Å²) in [7, 11) is 1.87. The van der Waals surface area contributed by atoms with Crippen molar-refractivity contribution in [3.63, 3.8) is 0 Å². The highest BCUT2D eigenvalue weighted by atomic mass is 32.1. The van der Waals surface area contributed by atoms with E-state index in [9.17, 15) is 9.59 Å². The Bertz CT molecular complexity index is 1330. The van der Waals surface area contributed by atoms with Crippen molar-refractivity contribution in [1.29, 1.82) is 0 Å². The van der Waals surface area contributed by atoms with Gasteiger partial charge in [-0.05, 0) is 31.0 Å². The van der Waals surface area contributed by atoms with Crippen molar-refractivity contribution in [1.82, 2.24) is 14.9 Å². The van der Waals surface area contributed by atoms with E-state index in [2.05, 4.69) is 6.07 Å². The number of hydrogen-bond donors (Lipinski definition) is 2. The summed E-state index contributed by atoms with van der Waals surface area (Å²) >= 11 is 1.36. The number of rotatable bonds is 3. The molecule has 31 heavy (non-hydrogen) atoms. The molecular formula is C23H21N3O4S. The van der Waals surface area contributed by atoms with Crippen LogP contribution in [0.4, 0.5) is 0 Å². The molecule has 1 aliphatic rings. The largest absolute Gasteiger partial charge is 0.454 e. The predicted molar refractivity (Wildman–Crippen MR) is 117 cm³/mol. The minimum absolute atomic E-state index is 0.0731. The number of hydroxylamine groups is 1. The van der Waals surface area contributed by atoms with Crippen molar-refractivity contribution >= 4 is 34.3 Å². The average Bonchev–Trinajstić information content (AvgIpc) is 3.46. The van der Waals surface area contributed by atoms with E-state index in [1.54, 1.807) is 22.5 Å². The van der Waals surface area contributed by atoms with Crippen molar-refractivity contribution in [3.8, 4) is 11.3 Å². The predicted octanol–water partition coefficient (Wildman–Crippen LogP) is 4.13. The maximum absolute atomic E-state index is 13.2. The number of hydrogen-bond acceptors (Lipinski definition) is 5. The van der Waals surface area contributed by atoms with Gasteiger partial charge in [0, 0.05) is 42.7 Å². The van der Waals surface area contributed by atoms with Crippen LogP contribution in [0.25, 0.3) is 22.4 Å². The summed E-state index contributed by atoms with van der Waals surface area (Å²) in [5.74, 6) is 0.180. The summed E-state index contributed by atoms with van der Waals surface area (Å²) in [6.07, 6.45) is 0.683. The molecule has 0 aliphatic carbocycles. The fraction of sp³-hybridized carbons (Fsp3) is 0.217. The molecule has 1 aromatic carbocycles. The lowest BCUT2D eigenvalue weighted by atomic mass is 10.1. The third-order valence-corrected chi connectivity index (χ3v) is 6.97. The zero-order valence-electron chi connectivity index (χ0n) is 17.1. The first-order valence-corrected chi connectivity index (χ1v) is 10.8. The molecule has 4 aromatic rings. The minimum atomic E-state index is -0.524. The number of nitrogens with one attached hydrogen (secondary N) is 1. The Labute approximate surface area is 182 Å². The van der Waals surface area contributed by atoms with Crippen LogP contribution in [0.15, 0.2) is 46.9 Å². The lowest BCUT2D eigenvalue weighted by molar-refractivity contribution is 0.0710. The van der Waals surface area contributed by atoms with E-state index in [0.29, 0.717) is 35.7 Å². The molecule has 0 atom stereocenters. The van der Waals surface area contributed by atoms with Crippen LogP contribution in [-0.2, 0) is 20.0 Å². The van der Waals surface area contributed by atoms with Crippen LogP contribution in [0.2, 0.25) is 0 Å². The SMILES string of the molecule is Cc1cccc(-c2cc3c(cc(C(=O)N4CCc5sc(C(=O)NO)cc5C4)n3C)o2)c1. The van der Waals surface area contributed by atoms with Gasteiger partial charge in [0.15, 0.2) is 5.58 Å². The molecule has 158 valence electrons.